The number of carboxylic acids is 1. The van der Waals surface area contributed by atoms with Crippen LogP contribution in [0.4, 0.5) is 24.5 Å². The van der Waals surface area contributed by atoms with Gasteiger partial charge in [-0.3, -0.25) is 19.1 Å². The van der Waals surface area contributed by atoms with Crippen LogP contribution in [-0.2, 0) is 38.8 Å². The highest BCUT2D eigenvalue weighted by molar-refractivity contribution is 7.92. The zero-order valence-corrected chi connectivity index (χ0v) is 29.3. The van der Waals surface area contributed by atoms with Crippen LogP contribution in [0.5, 0.6) is 5.75 Å². The van der Waals surface area contributed by atoms with Crippen LogP contribution in [0.2, 0.25) is 0 Å². The Morgan fingerprint density at radius 3 is 1.94 bits per heavy atom. The monoisotopic (exact) mass is 745 g/mol. The molecule has 5 aromatic carbocycles. The third-order valence-electron chi connectivity index (χ3n) is 8.13. The summed E-state index contributed by atoms with van der Waals surface area (Å²) in [6, 6.07) is 29.2. The molecule has 3 N–H and O–H groups in total. The zero-order valence-electron chi connectivity index (χ0n) is 28.5. The second kappa shape index (κ2) is 16.0. The van der Waals surface area contributed by atoms with Gasteiger partial charge in [0.2, 0.25) is 5.91 Å². The van der Waals surface area contributed by atoms with Gasteiger partial charge in [0.1, 0.15) is 12.3 Å². The number of carbonyl (C=O) groups is 3. The van der Waals surface area contributed by atoms with Crippen molar-refractivity contribution in [2.24, 2.45) is 0 Å². The number of halogens is 3. The van der Waals surface area contributed by atoms with E-state index in [4.69, 9.17) is 4.74 Å². The van der Waals surface area contributed by atoms with E-state index >= 15 is 0 Å². The first-order valence-electron chi connectivity index (χ1n) is 16.1. The van der Waals surface area contributed by atoms with Crippen LogP contribution in [0.15, 0.2) is 120 Å². The predicted molar refractivity (Wildman–Crippen MR) is 193 cm³/mol. The highest BCUT2D eigenvalue weighted by atomic mass is 32.2. The number of carboxylic acid groups (broad SMARTS) is 1. The molecular formula is C39H34F3N3O7S. The molecule has 0 aliphatic rings. The molecular weight excluding hydrogens is 712 g/mol. The topological polar surface area (TPSA) is 142 Å². The van der Waals surface area contributed by atoms with E-state index < -0.39 is 52.5 Å². The van der Waals surface area contributed by atoms with E-state index in [9.17, 15) is 41.1 Å². The Kier molecular flexibility index (Phi) is 11.5. The van der Waals surface area contributed by atoms with Crippen LogP contribution in [-0.4, -0.2) is 49.9 Å². The van der Waals surface area contributed by atoms with E-state index in [2.05, 4.69) is 10.0 Å². The lowest BCUT2D eigenvalue weighted by atomic mass is 10.0. The van der Waals surface area contributed by atoms with Crippen molar-refractivity contribution in [2.45, 2.75) is 31.0 Å². The predicted octanol–water partition coefficient (Wildman–Crippen LogP) is 7.40. The molecule has 5 aromatic rings. The van der Waals surface area contributed by atoms with Crippen molar-refractivity contribution in [1.29, 1.82) is 0 Å². The molecule has 0 bridgehead atoms. The lowest BCUT2D eigenvalue weighted by Crippen LogP contribution is -2.35. The van der Waals surface area contributed by atoms with Gasteiger partial charge in [-0.2, -0.15) is 13.2 Å². The minimum absolute atomic E-state index is 0.00450. The van der Waals surface area contributed by atoms with Gasteiger partial charge >= 0.3 is 12.1 Å². The minimum Gasteiger partial charge on any atom is -0.497 e. The largest absolute Gasteiger partial charge is 0.497 e. The highest BCUT2D eigenvalue weighted by Gasteiger charge is 2.34. The van der Waals surface area contributed by atoms with Crippen LogP contribution in [0.25, 0.3) is 11.1 Å². The number of alkyl halides is 3. The van der Waals surface area contributed by atoms with Crippen molar-refractivity contribution in [3.8, 4) is 16.9 Å². The standard InChI is InChI=1S/C39H34F3N3O7S/c1-25-3-7-27(8-4-25)28-12-19-34(20-13-28)53(50,51)44-32-14-5-26(6-15-32)23-45(24-37(47)48)38(49)29-9-16-31(17-10-29)43-36(46)21-30-11-18-33(52-2)22-35(30)39(40,41)42/h3-20,22,44H,21,23-24H2,1-2H3,(H,43,46)(H,47,48). The summed E-state index contributed by atoms with van der Waals surface area (Å²) in [6.07, 6.45) is -5.28. The number of hydrogen-bond donors (Lipinski definition) is 3. The molecule has 0 aromatic heterocycles. The number of sulfonamides is 1. The molecule has 14 heteroatoms. The fourth-order valence-electron chi connectivity index (χ4n) is 5.41. The number of aryl methyl sites for hydroxylation is 1. The normalized spacial score (nSPS) is 11.4. The Hall–Kier alpha value is -6.15. The minimum atomic E-state index is -4.70. The molecule has 5 rings (SSSR count). The maximum Gasteiger partial charge on any atom is 0.416 e. The van der Waals surface area contributed by atoms with Crippen molar-refractivity contribution >= 4 is 39.2 Å². The molecule has 0 radical (unpaired) electrons. The number of methoxy groups -OCH3 is 1. The summed E-state index contributed by atoms with van der Waals surface area (Å²) in [5.74, 6) is -2.64. The Morgan fingerprint density at radius 2 is 1.38 bits per heavy atom. The van der Waals surface area contributed by atoms with Crippen molar-refractivity contribution in [3.05, 3.63) is 143 Å². The van der Waals surface area contributed by atoms with Crippen LogP contribution in [0.3, 0.4) is 0 Å². The summed E-state index contributed by atoms with van der Waals surface area (Å²) in [4.78, 5) is 38.8. The highest BCUT2D eigenvalue weighted by Crippen LogP contribution is 2.35. The molecule has 10 nitrogen and oxygen atoms in total. The zero-order chi connectivity index (χ0) is 38.3. The third kappa shape index (κ3) is 10.0. The SMILES string of the molecule is COc1ccc(CC(=O)Nc2ccc(C(=O)N(CC(=O)O)Cc3ccc(NS(=O)(=O)c4ccc(-c5ccc(C)cc5)cc4)cc3)cc2)c(C(F)(F)F)c1. The summed E-state index contributed by atoms with van der Waals surface area (Å²) in [5, 5.41) is 12.0. The summed E-state index contributed by atoms with van der Waals surface area (Å²) in [6.45, 7) is 1.21. The first-order chi connectivity index (χ1) is 25.1. The molecule has 0 spiro atoms. The lowest BCUT2D eigenvalue weighted by molar-refractivity contribution is -0.139. The van der Waals surface area contributed by atoms with Crippen molar-refractivity contribution in [2.75, 3.05) is 23.7 Å². The van der Waals surface area contributed by atoms with E-state index in [-0.39, 0.29) is 39.7 Å². The maximum absolute atomic E-state index is 13.6. The number of aliphatic carboxylic acids is 1. The molecule has 0 aliphatic carbocycles. The Balaban J connectivity index is 1.21. The summed E-state index contributed by atoms with van der Waals surface area (Å²) in [5.41, 5.74) is 2.76. The molecule has 2 amide bonds. The van der Waals surface area contributed by atoms with Gasteiger partial charge in [0.25, 0.3) is 15.9 Å². The van der Waals surface area contributed by atoms with Crippen LogP contribution in [0, 0.1) is 6.92 Å². The fraction of sp³-hybridized carbons (Fsp3) is 0.154. The van der Waals surface area contributed by atoms with Gasteiger partial charge in [0, 0.05) is 23.5 Å². The van der Waals surface area contributed by atoms with Gasteiger partial charge in [-0.1, -0.05) is 60.2 Å². The van der Waals surface area contributed by atoms with E-state index in [1.165, 1.54) is 67.8 Å². The number of rotatable bonds is 13. The molecule has 0 saturated heterocycles. The van der Waals surface area contributed by atoms with E-state index in [1.54, 1.807) is 24.3 Å². The lowest BCUT2D eigenvalue weighted by Gasteiger charge is -2.21. The quantitative estimate of drug-likeness (QED) is 0.114. The van der Waals surface area contributed by atoms with Gasteiger partial charge in [0.05, 0.1) is 24.0 Å². The van der Waals surface area contributed by atoms with Crippen molar-refractivity contribution in [1.82, 2.24) is 4.90 Å². The Morgan fingerprint density at radius 1 is 0.792 bits per heavy atom. The molecule has 53 heavy (non-hydrogen) atoms. The summed E-state index contributed by atoms with van der Waals surface area (Å²) in [7, 11) is -2.69. The van der Waals surface area contributed by atoms with Gasteiger partial charge in [-0.15, -0.1) is 0 Å². The van der Waals surface area contributed by atoms with E-state index in [1.807, 2.05) is 31.2 Å². The first-order valence-corrected chi connectivity index (χ1v) is 17.5. The van der Waals surface area contributed by atoms with E-state index in [0.717, 1.165) is 27.7 Å². The Labute approximate surface area is 303 Å². The van der Waals surface area contributed by atoms with E-state index in [0.29, 0.717) is 5.56 Å². The number of carbonyl (C=O) groups excluding carboxylic acids is 2. The number of hydrogen-bond acceptors (Lipinski definition) is 6. The number of nitrogens with one attached hydrogen (secondary N) is 2. The average Bonchev–Trinajstić information content (AvgIpc) is 3.12. The fourth-order valence-corrected chi connectivity index (χ4v) is 6.46. The van der Waals surface area contributed by atoms with Crippen LogP contribution < -0.4 is 14.8 Å². The molecule has 0 saturated carbocycles. The van der Waals surface area contributed by atoms with Gasteiger partial charge in [0.15, 0.2) is 0 Å². The van der Waals surface area contributed by atoms with Crippen LogP contribution >= 0.6 is 0 Å². The van der Waals surface area contributed by atoms with Gasteiger partial charge < -0.3 is 20.1 Å². The van der Waals surface area contributed by atoms with Crippen molar-refractivity contribution < 1.29 is 45.8 Å². The van der Waals surface area contributed by atoms with Gasteiger partial charge in [-0.25, -0.2) is 8.42 Å². The summed E-state index contributed by atoms with van der Waals surface area (Å²) < 4.78 is 74.2. The molecule has 0 fully saturated rings. The number of benzene rings is 5. The average molecular weight is 746 g/mol. The van der Waals surface area contributed by atoms with Crippen LogP contribution in [0.1, 0.15) is 32.6 Å². The molecule has 0 aliphatic heterocycles. The first kappa shape index (κ1) is 38.1. The molecule has 0 atom stereocenters. The molecule has 0 heterocycles. The van der Waals surface area contributed by atoms with Crippen molar-refractivity contribution in [3.63, 3.8) is 0 Å². The number of anilines is 2. The molecule has 274 valence electrons. The second-order valence-electron chi connectivity index (χ2n) is 12.1. The second-order valence-corrected chi connectivity index (χ2v) is 13.8. The number of ether oxygens (including phenoxy) is 1. The van der Waals surface area contributed by atoms with Gasteiger partial charge in [-0.05, 0) is 89.8 Å². The maximum atomic E-state index is 13.6. The number of amides is 2. The Bertz CT molecular complexity index is 2210. The summed E-state index contributed by atoms with van der Waals surface area (Å²) >= 11 is 0. The third-order valence-corrected chi connectivity index (χ3v) is 9.53. The number of nitrogens with zero attached hydrogens (tertiary/aromatic N) is 1. The molecule has 0 unspecified atom stereocenters. The smallest absolute Gasteiger partial charge is 0.416 e.